The summed E-state index contributed by atoms with van der Waals surface area (Å²) in [6.07, 6.45) is 2.50. The average Bonchev–Trinajstić information content (AvgIpc) is 3.17. The van der Waals surface area contributed by atoms with Crippen LogP contribution in [-0.4, -0.2) is 23.5 Å². The SMILES string of the molecule is O=C(NCC[C@@H](O)c1ccoc1)C(=O)NCc1cccs1. The number of hydrogen-bond donors (Lipinski definition) is 3. The van der Waals surface area contributed by atoms with Crippen LogP contribution in [0.3, 0.4) is 0 Å². The monoisotopic (exact) mass is 308 g/mol. The number of nitrogens with one attached hydrogen (secondary N) is 2. The van der Waals surface area contributed by atoms with Crippen molar-refractivity contribution in [2.45, 2.75) is 19.1 Å². The number of hydrogen-bond acceptors (Lipinski definition) is 5. The number of aliphatic hydroxyl groups excluding tert-OH is 1. The molecule has 2 rings (SSSR count). The molecule has 2 amide bonds. The lowest BCUT2D eigenvalue weighted by molar-refractivity contribution is -0.139. The van der Waals surface area contributed by atoms with Crippen LogP contribution >= 0.6 is 11.3 Å². The van der Waals surface area contributed by atoms with E-state index in [-0.39, 0.29) is 6.54 Å². The second kappa shape index (κ2) is 7.61. The predicted octanol–water partition coefficient (Wildman–Crippen LogP) is 1.20. The van der Waals surface area contributed by atoms with Crippen LogP contribution in [-0.2, 0) is 16.1 Å². The van der Waals surface area contributed by atoms with Crippen molar-refractivity contribution < 1.29 is 19.1 Å². The highest BCUT2D eigenvalue weighted by molar-refractivity contribution is 7.09. The van der Waals surface area contributed by atoms with Crippen molar-refractivity contribution in [1.29, 1.82) is 0 Å². The fourth-order valence-electron chi connectivity index (χ4n) is 1.69. The van der Waals surface area contributed by atoms with Gasteiger partial charge in [0.05, 0.1) is 25.2 Å². The first kappa shape index (κ1) is 15.3. The smallest absolute Gasteiger partial charge is 0.309 e. The lowest BCUT2D eigenvalue weighted by Crippen LogP contribution is -2.40. The summed E-state index contributed by atoms with van der Waals surface area (Å²) in [5.41, 5.74) is 0.645. The van der Waals surface area contributed by atoms with Gasteiger partial charge in [0, 0.05) is 17.0 Å². The second-order valence-corrected chi connectivity index (χ2v) is 5.41. The Morgan fingerprint density at radius 3 is 2.76 bits per heavy atom. The molecule has 0 radical (unpaired) electrons. The number of furan rings is 1. The normalized spacial score (nSPS) is 11.9. The van der Waals surface area contributed by atoms with Crippen LogP contribution in [0, 0.1) is 0 Å². The minimum absolute atomic E-state index is 0.206. The summed E-state index contributed by atoms with van der Waals surface area (Å²) in [4.78, 5) is 24.1. The van der Waals surface area contributed by atoms with E-state index in [2.05, 4.69) is 10.6 Å². The highest BCUT2D eigenvalue weighted by atomic mass is 32.1. The maximum Gasteiger partial charge on any atom is 0.309 e. The third-order valence-electron chi connectivity index (χ3n) is 2.84. The standard InChI is InChI=1S/C14H16N2O4S/c17-12(10-4-6-20-9-10)3-5-15-13(18)14(19)16-8-11-2-1-7-21-11/h1-2,4,6-7,9,12,17H,3,5,8H2,(H,15,18)(H,16,19)/t12-/m1/s1. The molecule has 3 N–H and O–H groups in total. The molecule has 2 aromatic rings. The van der Waals surface area contributed by atoms with Crippen molar-refractivity contribution in [3.05, 3.63) is 46.5 Å². The molecule has 0 aromatic carbocycles. The molecule has 0 spiro atoms. The van der Waals surface area contributed by atoms with Crippen LogP contribution in [0.15, 0.2) is 40.5 Å². The number of carbonyl (C=O) groups is 2. The summed E-state index contributed by atoms with van der Waals surface area (Å²) in [6, 6.07) is 5.41. The molecule has 1 atom stereocenters. The minimum atomic E-state index is -0.724. The van der Waals surface area contributed by atoms with E-state index in [1.165, 1.54) is 23.9 Å². The number of aliphatic hydroxyl groups is 1. The first-order valence-corrected chi connectivity index (χ1v) is 7.33. The van der Waals surface area contributed by atoms with Crippen LogP contribution in [0.5, 0.6) is 0 Å². The summed E-state index contributed by atoms with van der Waals surface area (Å²) in [5.74, 6) is -1.38. The molecule has 0 saturated carbocycles. The van der Waals surface area contributed by atoms with Crippen LogP contribution in [0.2, 0.25) is 0 Å². The highest BCUT2D eigenvalue weighted by Crippen LogP contribution is 2.15. The van der Waals surface area contributed by atoms with E-state index in [1.54, 1.807) is 6.07 Å². The molecule has 0 saturated heterocycles. The van der Waals surface area contributed by atoms with Gasteiger partial charge in [-0.1, -0.05) is 6.07 Å². The number of amides is 2. The molecule has 7 heteroatoms. The van der Waals surface area contributed by atoms with Crippen LogP contribution < -0.4 is 10.6 Å². The number of carbonyl (C=O) groups excluding carboxylic acids is 2. The average molecular weight is 308 g/mol. The Labute approximate surface area is 125 Å². The van der Waals surface area contributed by atoms with Gasteiger partial charge in [-0.15, -0.1) is 11.3 Å². The quantitative estimate of drug-likeness (QED) is 0.699. The van der Waals surface area contributed by atoms with Crippen molar-refractivity contribution in [3.63, 3.8) is 0 Å². The largest absolute Gasteiger partial charge is 0.472 e. The van der Waals surface area contributed by atoms with Gasteiger partial charge < -0.3 is 20.2 Å². The van der Waals surface area contributed by atoms with E-state index >= 15 is 0 Å². The first-order chi connectivity index (χ1) is 10.2. The molecule has 0 unspecified atom stereocenters. The van der Waals surface area contributed by atoms with Gasteiger partial charge in [-0.3, -0.25) is 9.59 Å². The molecule has 112 valence electrons. The van der Waals surface area contributed by atoms with E-state index in [0.717, 1.165) is 4.88 Å². The topological polar surface area (TPSA) is 91.6 Å². The summed E-state index contributed by atoms with van der Waals surface area (Å²) in [5, 5.41) is 16.7. The molecular weight excluding hydrogens is 292 g/mol. The zero-order valence-electron chi connectivity index (χ0n) is 11.2. The molecule has 21 heavy (non-hydrogen) atoms. The third-order valence-corrected chi connectivity index (χ3v) is 3.72. The second-order valence-electron chi connectivity index (χ2n) is 4.38. The Bertz CT molecular complexity index is 566. The van der Waals surface area contributed by atoms with E-state index in [1.807, 2.05) is 17.5 Å². The van der Waals surface area contributed by atoms with E-state index in [4.69, 9.17) is 4.42 Å². The van der Waals surface area contributed by atoms with Gasteiger partial charge in [-0.05, 0) is 23.9 Å². The predicted molar refractivity (Wildman–Crippen MR) is 77.5 cm³/mol. The lowest BCUT2D eigenvalue weighted by Gasteiger charge is -2.09. The van der Waals surface area contributed by atoms with Crippen molar-refractivity contribution in [3.8, 4) is 0 Å². The van der Waals surface area contributed by atoms with Crippen molar-refractivity contribution in [1.82, 2.24) is 10.6 Å². The molecule has 0 aliphatic rings. The van der Waals surface area contributed by atoms with Gasteiger partial charge in [0.15, 0.2) is 0 Å². The van der Waals surface area contributed by atoms with Gasteiger partial charge in [0.1, 0.15) is 0 Å². The molecule has 0 aliphatic carbocycles. The minimum Gasteiger partial charge on any atom is -0.472 e. The van der Waals surface area contributed by atoms with E-state index < -0.39 is 17.9 Å². The van der Waals surface area contributed by atoms with Gasteiger partial charge in [-0.25, -0.2) is 0 Å². The van der Waals surface area contributed by atoms with Gasteiger partial charge >= 0.3 is 11.8 Å². The highest BCUT2D eigenvalue weighted by Gasteiger charge is 2.14. The number of thiophene rings is 1. The van der Waals surface area contributed by atoms with Crippen molar-refractivity contribution in [2.75, 3.05) is 6.54 Å². The maximum atomic E-state index is 11.6. The van der Waals surface area contributed by atoms with E-state index in [9.17, 15) is 14.7 Å². The Morgan fingerprint density at radius 2 is 2.10 bits per heavy atom. The third kappa shape index (κ3) is 4.73. The molecule has 0 fully saturated rings. The molecule has 2 aromatic heterocycles. The van der Waals surface area contributed by atoms with Gasteiger partial charge in [0.2, 0.25) is 0 Å². The molecule has 6 nitrogen and oxygen atoms in total. The summed E-state index contributed by atoms with van der Waals surface area (Å²) in [7, 11) is 0. The molecule has 0 bridgehead atoms. The summed E-state index contributed by atoms with van der Waals surface area (Å²) < 4.78 is 4.86. The summed E-state index contributed by atoms with van der Waals surface area (Å²) in [6.45, 7) is 0.541. The fraction of sp³-hybridized carbons (Fsp3) is 0.286. The fourth-order valence-corrected chi connectivity index (χ4v) is 2.34. The Morgan fingerprint density at radius 1 is 1.29 bits per heavy atom. The Balaban J connectivity index is 1.65. The molecular formula is C14H16N2O4S. The lowest BCUT2D eigenvalue weighted by atomic mass is 10.1. The zero-order chi connectivity index (χ0) is 15.1. The zero-order valence-corrected chi connectivity index (χ0v) is 12.1. The van der Waals surface area contributed by atoms with Crippen LogP contribution in [0.4, 0.5) is 0 Å². The molecule has 2 heterocycles. The first-order valence-electron chi connectivity index (χ1n) is 6.45. The maximum absolute atomic E-state index is 11.6. The Hall–Kier alpha value is -2.12. The number of rotatable bonds is 6. The van der Waals surface area contributed by atoms with Crippen LogP contribution in [0.25, 0.3) is 0 Å². The van der Waals surface area contributed by atoms with Crippen molar-refractivity contribution in [2.24, 2.45) is 0 Å². The van der Waals surface area contributed by atoms with Crippen molar-refractivity contribution >= 4 is 23.2 Å². The van der Waals surface area contributed by atoms with Gasteiger partial charge in [-0.2, -0.15) is 0 Å². The Kier molecular flexibility index (Phi) is 5.53. The van der Waals surface area contributed by atoms with E-state index in [0.29, 0.717) is 18.5 Å². The van der Waals surface area contributed by atoms with Crippen LogP contribution in [0.1, 0.15) is 23.0 Å². The van der Waals surface area contributed by atoms with Gasteiger partial charge in [0.25, 0.3) is 0 Å². The summed E-state index contributed by atoms with van der Waals surface area (Å²) >= 11 is 1.51. The molecule has 0 aliphatic heterocycles.